The summed E-state index contributed by atoms with van der Waals surface area (Å²) in [6.07, 6.45) is 12.7. The van der Waals surface area contributed by atoms with E-state index in [0.29, 0.717) is 5.92 Å². The van der Waals surface area contributed by atoms with Crippen LogP contribution in [0, 0.1) is 18.3 Å². The monoisotopic (exact) mass is 546 g/mol. The standard InChI is InChI=1S/C35H38N4S/c1-22-36-20-33(40-22)32-16-25-9-8-10-30(29(25)19-37-32)35(5,6)17-23-13-26-15-24(27-18-38-39(7)21-27)11-12-28(26)31(14-23)34(2,3)4/h8-12,14-16,18-21,23H,13,17H2,1-7H3. The van der Waals surface area contributed by atoms with E-state index in [1.807, 2.05) is 31.0 Å². The lowest BCUT2D eigenvalue weighted by atomic mass is 9.68. The highest BCUT2D eigenvalue weighted by Crippen LogP contribution is 2.45. The van der Waals surface area contributed by atoms with Crippen LogP contribution >= 0.6 is 11.3 Å². The van der Waals surface area contributed by atoms with Crippen LogP contribution in [0.1, 0.15) is 62.7 Å². The quantitative estimate of drug-likeness (QED) is 0.221. The molecule has 40 heavy (non-hydrogen) atoms. The summed E-state index contributed by atoms with van der Waals surface area (Å²) in [5.74, 6) is 0.448. The van der Waals surface area contributed by atoms with Crippen LogP contribution in [0.5, 0.6) is 0 Å². The molecule has 0 radical (unpaired) electrons. The second-order valence-electron chi connectivity index (χ2n) is 13.0. The first kappa shape index (κ1) is 26.6. The van der Waals surface area contributed by atoms with Gasteiger partial charge in [0, 0.05) is 36.6 Å². The molecule has 0 spiro atoms. The molecule has 1 atom stereocenters. The fourth-order valence-corrected chi connectivity index (χ4v) is 7.11. The molecule has 0 saturated carbocycles. The van der Waals surface area contributed by atoms with Crippen molar-refractivity contribution in [3.05, 3.63) is 95.0 Å². The summed E-state index contributed by atoms with van der Waals surface area (Å²) >= 11 is 1.69. The Kier molecular flexibility index (Phi) is 6.53. The van der Waals surface area contributed by atoms with Crippen molar-refractivity contribution in [2.24, 2.45) is 18.4 Å². The fraction of sp³-hybridized carbons (Fsp3) is 0.343. The topological polar surface area (TPSA) is 43.6 Å². The minimum atomic E-state index is -0.0214. The van der Waals surface area contributed by atoms with E-state index in [2.05, 4.69) is 106 Å². The van der Waals surface area contributed by atoms with E-state index < -0.39 is 0 Å². The summed E-state index contributed by atoms with van der Waals surface area (Å²) in [4.78, 5) is 10.4. The van der Waals surface area contributed by atoms with Gasteiger partial charge in [-0.2, -0.15) is 5.10 Å². The smallest absolute Gasteiger partial charge is 0.0901 e. The highest BCUT2D eigenvalue weighted by atomic mass is 32.1. The van der Waals surface area contributed by atoms with Crippen LogP contribution in [0.3, 0.4) is 0 Å². The van der Waals surface area contributed by atoms with E-state index in [9.17, 15) is 0 Å². The van der Waals surface area contributed by atoms with E-state index in [1.54, 1.807) is 11.3 Å². The van der Waals surface area contributed by atoms with Gasteiger partial charge in [0.05, 0.1) is 21.8 Å². The number of rotatable bonds is 5. The van der Waals surface area contributed by atoms with Crippen molar-refractivity contribution >= 4 is 27.7 Å². The van der Waals surface area contributed by atoms with Crippen molar-refractivity contribution in [3.8, 4) is 21.7 Å². The van der Waals surface area contributed by atoms with Crippen LogP contribution in [0.15, 0.2) is 73.3 Å². The van der Waals surface area contributed by atoms with Gasteiger partial charge in [0.25, 0.3) is 0 Å². The van der Waals surface area contributed by atoms with Crippen LogP contribution in [-0.4, -0.2) is 19.7 Å². The number of nitrogens with zero attached hydrogens (tertiary/aromatic N) is 4. The van der Waals surface area contributed by atoms with Crippen molar-refractivity contribution in [1.29, 1.82) is 0 Å². The van der Waals surface area contributed by atoms with Gasteiger partial charge in [-0.3, -0.25) is 9.67 Å². The van der Waals surface area contributed by atoms with E-state index in [-0.39, 0.29) is 10.8 Å². The summed E-state index contributed by atoms with van der Waals surface area (Å²) in [7, 11) is 1.98. The maximum atomic E-state index is 4.88. The van der Waals surface area contributed by atoms with E-state index >= 15 is 0 Å². The Morgan fingerprint density at radius 1 is 0.950 bits per heavy atom. The molecule has 6 rings (SSSR count). The molecule has 0 bridgehead atoms. The minimum absolute atomic E-state index is 0.0214. The predicted octanol–water partition coefficient (Wildman–Crippen LogP) is 9.04. The second-order valence-corrected chi connectivity index (χ2v) is 14.2. The lowest BCUT2D eigenvalue weighted by molar-refractivity contribution is 0.401. The number of fused-ring (bicyclic) bond motifs is 2. The molecule has 4 nitrogen and oxygen atoms in total. The maximum absolute atomic E-state index is 4.88. The third-order valence-corrected chi connectivity index (χ3v) is 9.20. The Bertz CT molecular complexity index is 1740. The van der Waals surface area contributed by atoms with Crippen LogP contribution in [0.4, 0.5) is 0 Å². The first-order chi connectivity index (χ1) is 19.0. The Hall–Kier alpha value is -3.57. The van der Waals surface area contributed by atoms with Crippen molar-refractivity contribution < 1.29 is 0 Å². The number of benzene rings is 2. The Morgan fingerprint density at radius 2 is 1.77 bits per heavy atom. The summed E-state index contributed by atoms with van der Waals surface area (Å²) in [5.41, 5.74) is 9.13. The average Bonchev–Trinajstić information content (AvgIpc) is 3.54. The number of thiazole rings is 1. The Morgan fingerprint density at radius 3 is 2.48 bits per heavy atom. The van der Waals surface area contributed by atoms with Gasteiger partial charge in [-0.25, -0.2) is 4.98 Å². The summed E-state index contributed by atoms with van der Waals surface area (Å²) in [5, 5.41) is 7.95. The minimum Gasteiger partial charge on any atom is -0.275 e. The fourth-order valence-electron chi connectivity index (χ4n) is 6.37. The SMILES string of the molecule is Cc1ncc(-c2cc3cccc(C(C)(C)CC4C=C(C(C)(C)C)c5ccc(-c6cnn(C)c6)cc5C4)c3cn2)s1. The molecule has 0 saturated heterocycles. The normalized spacial score (nSPS) is 15.8. The van der Waals surface area contributed by atoms with E-state index in [4.69, 9.17) is 4.98 Å². The van der Waals surface area contributed by atoms with Crippen molar-refractivity contribution in [3.63, 3.8) is 0 Å². The highest BCUT2D eigenvalue weighted by Gasteiger charge is 2.32. The molecular formula is C35H38N4S. The second kappa shape index (κ2) is 9.81. The van der Waals surface area contributed by atoms with Gasteiger partial charge < -0.3 is 0 Å². The van der Waals surface area contributed by atoms with Gasteiger partial charge in [0.1, 0.15) is 0 Å². The van der Waals surface area contributed by atoms with Crippen molar-refractivity contribution in [2.75, 3.05) is 0 Å². The molecule has 0 N–H and O–H groups in total. The Labute approximate surface area is 241 Å². The molecule has 0 fully saturated rings. The number of aromatic nitrogens is 4. The van der Waals surface area contributed by atoms with Crippen molar-refractivity contribution in [1.82, 2.24) is 19.7 Å². The zero-order chi connectivity index (χ0) is 28.2. The maximum Gasteiger partial charge on any atom is 0.0901 e. The average molecular weight is 547 g/mol. The van der Waals surface area contributed by atoms with Gasteiger partial charge in [-0.1, -0.05) is 77.1 Å². The zero-order valence-electron chi connectivity index (χ0n) is 24.6. The summed E-state index contributed by atoms with van der Waals surface area (Å²) in [6.45, 7) is 13.8. The number of pyridine rings is 1. The lowest BCUT2D eigenvalue weighted by Crippen LogP contribution is -2.26. The molecule has 2 aromatic carbocycles. The molecule has 5 heteroatoms. The first-order valence-electron chi connectivity index (χ1n) is 14.1. The first-order valence-corrected chi connectivity index (χ1v) is 15.0. The third kappa shape index (κ3) is 5.03. The molecule has 3 heterocycles. The molecule has 0 amide bonds. The van der Waals surface area contributed by atoms with Gasteiger partial charge in [-0.15, -0.1) is 11.3 Å². The van der Waals surface area contributed by atoms with Crippen LogP contribution in [0.25, 0.3) is 38.0 Å². The van der Waals surface area contributed by atoms with E-state index in [1.165, 1.54) is 44.2 Å². The largest absolute Gasteiger partial charge is 0.275 e. The number of hydrogen-bond acceptors (Lipinski definition) is 4. The molecule has 204 valence electrons. The van der Waals surface area contributed by atoms with Crippen LogP contribution in [-0.2, 0) is 18.9 Å². The third-order valence-electron chi connectivity index (χ3n) is 8.27. The summed E-state index contributed by atoms with van der Waals surface area (Å²) in [6, 6.07) is 15.9. The molecule has 1 unspecified atom stereocenters. The number of hydrogen-bond donors (Lipinski definition) is 0. The zero-order valence-corrected chi connectivity index (χ0v) is 25.4. The predicted molar refractivity (Wildman–Crippen MR) is 169 cm³/mol. The molecule has 1 aliphatic rings. The van der Waals surface area contributed by atoms with Gasteiger partial charge >= 0.3 is 0 Å². The van der Waals surface area contributed by atoms with E-state index in [0.717, 1.165) is 28.4 Å². The molecule has 1 aliphatic carbocycles. The van der Waals surface area contributed by atoms with Gasteiger partial charge in [0.15, 0.2) is 0 Å². The molecule has 5 aromatic rings. The van der Waals surface area contributed by atoms with Crippen molar-refractivity contribution in [2.45, 2.75) is 59.8 Å². The molecular weight excluding hydrogens is 508 g/mol. The highest BCUT2D eigenvalue weighted by molar-refractivity contribution is 7.15. The number of aryl methyl sites for hydroxylation is 2. The van der Waals surface area contributed by atoms with Gasteiger partial charge in [-0.05, 0) is 75.8 Å². The van der Waals surface area contributed by atoms with Gasteiger partial charge in [0.2, 0.25) is 0 Å². The lowest BCUT2D eigenvalue weighted by Gasteiger charge is -2.36. The summed E-state index contributed by atoms with van der Waals surface area (Å²) < 4.78 is 1.88. The molecule has 0 aliphatic heterocycles. The molecule has 3 aromatic heterocycles. The van der Waals surface area contributed by atoms with Crippen LogP contribution < -0.4 is 0 Å². The Balaban J connectivity index is 1.35. The number of allylic oxidation sites excluding steroid dienone is 2. The van der Waals surface area contributed by atoms with Crippen LogP contribution in [0.2, 0.25) is 0 Å².